The van der Waals surface area contributed by atoms with Gasteiger partial charge in [-0.2, -0.15) is 26.3 Å². The van der Waals surface area contributed by atoms with Crippen molar-refractivity contribution in [2.75, 3.05) is 0 Å². The summed E-state index contributed by atoms with van der Waals surface area (Å²) in [6.07, 6.45) is -7.94. The lowest BCUT2D eigenvalue weighted by atomic mass is 10.2. The fourth-order valence-corrected chi connectivity index (χ4v) is 3.04. The lowest BCUT2D eigenvalue weighted by Crippen LogP contribution is -2.05. The highest BCUT2D eigenvalue weighted by Gasteiger charge is 2.33. The number of hydrogen-bond acceptors (Lipinski definition) is 4. The molecule has 0 unspecified atom stereocenters. The summed E-state index contributed by atoms with van der Waals surface area (Å²) < 4.78 is 75.8. The molecule has 0 aliphatic carbocycles. The number of nitrogens with zero attached hydrogens (tertiary/aromatic N) is 3. The maximum absolute atomic E-state index is 12.7. The molecule has 0 N–H and O–H groups in total. The highest BCUT2D eigenvalue weighted by Crippen LogP contribution is 2.37. The summed E-state index contributed by atoms with van der Waals surface area (Å²) in [6.45, 7) is 0. The van der Waals surface area contributed by atoms with Crippen LogP contribution in [0.25, 0.3) is 21.0 Å². The van der Waals surface area contributed by atoms with E-state index in [2.05, 4.69) is 15.0 Å². The van der Waals surface area contributed by atoms with E-state index in [9.17, 15) is 26.3 Å². The van der Waals surface area contributed by atoms with Crippen LogP contribution in [0, 0.1) is 0 Å². The van der Waals surface area contributed by atoms with E-state index in [1.165, 1.54) is 0 Å². The average molecular weight is 384 g/mol. The van der Waals surface area contributed by atoms with Crippen molar-refractivity contribution in [3.8, 4) is 10.7 Å². The third-order valence-electron chi connectivity index (χ3n) is 2.95. The van der Waals surface area contributed by atoms with Gasteiger partial charge in [-0.25, -0.2) is 9.97 Å². The molecular weight excluding hydrogens is 380 g/mol. The zero-order valence-electron chi connectivity index (χ0n) is 11.2. The molecular formula is C13H4ClF6N3S. The van der Waals surface area contributed by atoms with Gasteiger partial charge in [0, 0.05) is 12.4 Å². The maximum Gasteiger partial charge on any atom is 0.417 e. The zero-order valence-corrected chi connectivity index (χ0v) is 12.8. The van der Waals surface area contributed by atoms with Gasteiger partial charge in [0.1, 0.15) is 21.0 Å². The van der Waals surface area contributed by atoms with Gasteiger partial charge >= 0.3 is 12.4 Å². The summed E-state index contributed by atoms with van der Waals surface area (Å²) in [5.74, 6) is 0. The molecule has 0 aliphatic heterocycles. The second-order valence-electron chi connectivity index (χ2n) is 4.62. The van der Waals surface area contributed by atoms with Gasteiger partial charge in [-0.1, -0.05) is 22.9 Å². The van der Waals surface area contributed by atoms with Crippen LogP contribution in [0.3, 0.4) is 0 Å². The predicted octanol–water partition coefficient (Wildman–Crippen LogP) is 5.44. The molecule has 3 aromatic rings. The van der Waals surface area contributed by atoms with Crippen LogP contribution in [0.1, 0.15) is 11.1 Å². The van der Waals surface area contributed by atoms with Crippen LogP contribution >= 0.6 is 22.9 Å². The lowest BCUT2D eigenvalue weighted by Gasteiger charge is -2.07. The van der Waals surface area contributed by atoms with Crippen LogP contribution in [0.2, 0.25) is 5.02 Å². The summed E-state index contributed by atoms with van der Waals surface area (Å²) in [7, 11) is 0. The Hall–Kier alpha value is -1.94. The van der Waals surface area contributed by atoms with E-state index in [0.29, 0.717) is 18.5 Å². The molecule has 0 saturated heterocycles. The SMILES string of the molecule is FC(F)(F)c1cnc(-c2nc3cc(C(F)(F)F)cnc3s2)c(Cl)c1. The largest absolute Gasteiger partial charge is 0.417 e. The molecule has 0 spiro atoms. The third-order valence-corrected chi connectivity index (χ3v) is 4.22. The van der Waals surface area contributed by atoms with Crippen molar-refractivity contribution in [3.63, 3.8) is 0 Å². The molecule has 0 aliphatic rings. The van der Waals surface area contributed by atoms with Gasteiger partial charge in [0.15, 0.2) is 0 Å². The number of alkyl halides is 6. The number of hydrogen-bond donors (Lipinski definition) is 0. The highest BCUT2D eigenvalue weighted by molar-refractivity contribution is 7.21. The Morgan fingerprint density at radius 1 is 0.875 bits per heavy atom. The summed E-state index contributed by atoms with van der Waals surface area (Å²) >= 11 is 6.68. The summed E-state index contributed by atoms with van der Waals surface area (Å²) in [5.41, 5.74) is -2.10. The first kappa shape index (κ1) is 16.9. The third kappa shape index (κ3) is 3.16. The van der Waals surface area contributed by atoms with Gasteiger partial charge in [-0.05, 0) is 12.1 Å². The Bertz CT molecular complexity index is 918. The van der Waals surface area contributed by atoms with E-state index < -0.39 is 23.5 Å². The second-order valence-corrected chi connectivity index (χ2v) is 6.00. The van der Waals surface area contributed by atoms with Crippen molar-refractivity contribution in [2.24, 2.45) is 0 Å². The van der Waals surface area contributed by atoms with Crippen LogP contribution in [0.4, 0.5) is 26.3 Å². The molecule has 0 radical (unpaired) electrons. The molecule has 0 aromatic carbocycles. The smallest absolute Gasteiger partial charge is 0.252 e. The van der Waals surface area contributed by atoms with Gasteiger partial charge in [-0.15, -0.1) is 0 Å². The quantitative estimate of drug-likeness (QED) is 0.525. The molecule has 3 aromatic heterocycles. The number of fused-ring (bicyclic) bond motifs is 1. The van der Waals surface area contributed by atoms with Gasteiger partial charge in [0.25, 0.3) is 0 Å². The molecule has 0 atom stereocenters. The van der Waals surface area contributed by atoms with E-state index in [1.807, 2.05) is 0 Å². The van der Waals surface area contributed by atoms with Gasteiger partial charge in [0.05, 0.1) is 16.1 Å². The first-order valence-electron chi connectivity index (χ1n) is 6.12. The highest BCUT2D eigenvalue weighted by atomic mass is 35.5. The molecule has 0 fully saturated rings. The Morgan fingerprint density at radius 2 is 1.46 bits per heavy atom. The second kappa shape index (κ2) is 5.55. The van der Waals surface area contributed by atoms with Gasteiger partial charge < -0.3 is 0 Å². The number of thiazole rings is 1. The molecule has 3 rings (SSSR count). The van der Waals surface area contributed by atoms with Crippen LogP contribution in [-0.2, 0) is 12.4 Å². The standard InChI is InChI=1S/C13H4ClF6N3S/c14-7-1-5(12(15,16)17)3-21-9(7)11-23-8-2-6(13(18,19)20)4-22-10(8)24-11/h1-4H. The number of pyridine rings is 2. The van der Waals surface area contributed by atoms with Crippen LogP contribution < -0.4 is 0 Å². The van der Waals surface area contributed by atoms with Crippen molar-refractivity contribution in [2.45, 2.75) is 12.4 Å². The predicted molar refractivity (Wildman–Crippen MR) is 75.7 cm³/mol. The first-order valence-corrected chi connectivity index (χ1v) is 7.32. The van der Waals surface area contributed by atoms with Gasteiger partial charge in [-0.3, -0.25) is 4.98 Å². The van der Waals surface area contributed by atoms with E-state index in [1.54, 1.807) is 0 Å². The van der Waals surface area contributed by atoms with Crippen LogP contribution in [0.5, 0.6) is 0 Å². The number of aromatic nitrogens is 3. The van der Waals surface area contributed by atoms with Crippen molar-refractivity contribution in [3.05, 3.63) is 40.7 Å². The fraction of sp³-hybridized carbons (Fsp3) is 0.154. The number of halogens is 7. The average Bonchev–Trinajstić information content (AvgIpc) is 2.87. The summed E-state index contributed by atoms with van der Waals surface area (Å²) in [4.78, 5) is 11.4. The molecule has 0 bridgehead atoms. The minimum atomic E-state index is -4.61. The molecule has 126 valence electrons. The summed E-state index contributed by atoms with van der Waals surface area (Å²) in [6, 6.07) is 1.49. The van der Waals surface area contributed by atoms with Crippen LogP contribution in [0.15, 0.2) is 24.5 Å². The monoisotopic (exact) mass is 383 g/mol. The van der Waals surface area contributed by atoms with Gasteiger partial charge in [0.2, 0.25) is 0 Å². The topological polar surface area (TPSA) is 38.7 Å². The minimum Gasteiger partial charge on any atom is -0.252 e. The molecule has 0 amide bonds. The minimum absolute atomic E-state index is 0.0393. The summed E-state index contributed by atoms with van der Waals surface area (Å²) in [5, 5.41) is -0.226. The fourth-order valence-electron chi connectivity index (χ4n) is 1.83. The van der Waals surface area contributed by atoms with Crippen molar-refractivity contribution >= 4 is 33.3 Å². The van der Waals surface area contributed by atoms with E-state index >= 15 is 0 Å². The zero-order chi connectivity index (χ0) is 17.7. The molecule has 3 nitrogen and oxygen atoms in total. The first-order chi connectivity index (χ1) is 11.1. The van der Waals surface area contributed by atoms with Crippen LogP contribution in [-0.4, -0.2) is 15.0 Å². The lowest BCUT2D eigenvalue weighted by molar-refractivity contribution is -0.138. The maximum atomic E-state index is 12.7. The van der Waals surface area contributed by atoms with Crippen molar-refractivity contribution in [1.29, 1.82) is 0 Å². The molecule has 11 heteroatoms. The Labute approximate surface area is 138 Å². The molecule has 24 heavy (non-hydrogen) atoms. The van der Waals surface area contributed by atoms with Crippen molar-refractivity contribution < 1.29 is 26.3 Å². The number of rotatable bonds is 1. The Morgan fingerprint density at radius 3 is 2.04 bits per heavy atom. The van der Waals surface area contributed by atoms with E-state index in [4.69, 9.17) is 11.6 Å². The normalized spacial score (nSPS) is 12.8. The van der Waals surface area contributed by atoms with Crippen molar-refractivity contribution in [1.82, 2.24) is 15.0 Å². The molecule has 3 heterocycles. The Balaban J connectivity index is 2.07. The van der Waals surface area contributed by atoms with E-state index in [-0.39, 0.29) is 26.1 Å². The van der Waals surface area contributed by atoms with E-state index in [0.717, 1.165) is 17.4 Å². The molecule has 0 saturated carbocycles. The Kier molecular flexibility index (Phi) is 3.91.